The van der Waals surface area contributed by atoms with Gasteiger partial charge in [-0.3, -0.25) is 14.0 Å². The minimum Gasteiger partial charge on any atom is -0.462 e. The number of aromatic amines is 1. The van der Waals surface area contributed by atoms with Crippen LogP contribution in [0.5, 0.6) is 0 Å². The van der Waals surface area contributed by atoms with E-state index >= 15 is 0 Å². The highest BCUT2D eigenvalue weighted by atomic mass is 16.5. The molecule has 0 aliphatic carbocycles. The number of carbonyl (C=O) groups excluding carboxylic acids is 1. The molecule has 130 valence electrons. The maximum atomic E-state index is 12.9. The highest BCUT2D eigenvalue weighted by Crippen LogP contribution is 2.20. The molecular weight excluding hydrogens is 334 g/mol. The normalized spacial score (nSPS) is 11.3. The van der Waals surface area contributed by atoms with Crippen molar-refractivity contribution in [1.82, 2.24) is 14.4 Å². The number of hydrogen-bond donors (Lipinski definition) is 1. The maximum absolute atomic E-state index is 12.9. The Morgan fingerprint density at radius 2 is 1.92 bits per heavy atom. The van der Waals surface area contributed by atoms with Gasteiger partial charge in [0.05, 0.1) is 22.9 Å². The molecule has 1 aromatic carbocycles. The van der Waals surface area contributed by atoms with Crippen molar-refractivity contribution in [2.24, 2.45) is 0 Å². The van der Waals surface area contributed by atoms with Crippen LogP contribution in [-0.4, -0.2) is 26.9 Å². The highest BCUT2D eigenvalue weighted by molar-refractivity contribution is 6.01. The molecule has 7 heteroatoms. The molecule has 0 atom stereocenters. The topological polar surface area (TPSA) is 93.5 Å². The molecule has 7 nitrogen and oxygen atoms in total. The molecule has 4 aromatic rings. The first-order chi connectivity index (χ1) is 12.5. The van der Waals surface area contributed by atoms with E-state index in [1.165, 1.54) is 0 Å². The summed E-state index contributed by atoms with van der Waals surface area (Å²) < 4.78 is 6.68. The molecule has 3 aromatic heterocycles. The van der Waals surface area contributed by atoms with Crippen molar-refractivity contribution in [3.8, 4) is 0 Å². The molecule has 0 saturated carbocycles. The SMILES string of the molecule is CCOC(=O)c1c(=O)c2ccc(C)nc2n2c1[nH]c(=O)c1ccccc12. The number of ether oxygens (including phenoxy) is 1. The van der Waals surface area contributed by atoms with E-state index in [1.54, 1.807) is 47.7 Å². The Morgan fingerprint density at radius 3 is 2.69 bits per heavy atom. The van der Waals surface area contributed by atoms with Gasteiger partial charge in [0.15, 0.2) is 0 Å². The number of esters is 1. The standard InChI is InChI=1S/C19H15N3O4/c1-3-26-19(25)14-15(23)12-9-8-10(2)20-16(12)22-13-7-5-4-6-11(13)18(24)21-17(14)22/h4-9H,3H2,1-2H3,(H,21,24). The minimum absolute atomic E-state index is 0.0859. The second-order valence-electron chi connectivity index (χ2n) is 5.90. The average Bonchev–Trinajstić information content (AvgIpc) is 2.62. The molecule has 0 fully saturated rings. The van der Waals surface area contributed by atoms with Crippen LogP contribution in [0.25, 0.3) is 27.6 Å². The Kier molecular flexibility index (Phi) is 3.57. The van der Waals surface area contributed by atoms with Gasteiger partial charge in [-0.1, -0.05) is 12.1 Å². The van der Waals surface area contributed by atoms with Crippen LogP contribution < -0.4 is 11.0 Å². The third-order valence-corrected chi connectivity index (χ3v) is 4.26. The quantitative estimate of drug-likeness (QED) is 0.442. The number of nitrogens with zero attached hydrogens (tertiary/aromatic N) is 2. The summed E-state index contributed by atoms with van der Waals surface area (Å²) >= 11 is 0. The lowest BCUT2D eigenvalue weighted by Crippen LogP contribution is -2.24. The van der Waals surface area contributed by atoms with Gasteiger partial charge in [-0.25, -0.2) is 9.78 Å². The number of aryl methyl sites for hydroxylation is 1. The lowest BCUT2D eigenvalue weighted by atomic mass is 10.1. The summed E-state index contributed by atoms with van der Waals surface area (Å²) in [6.07, 6.45) is 0. The molecule has 0 saturated heterocycles. The lowest BCUT2D eigenvalue weighted by molar-refractivity contribution is 0.0527. The Hall–Kier alpha value is -3.48. The number of benzene rings is 1. The number of carbonyl (C=O) groups is 1. The summed E-state index contributed by atoms with van der Waals surface area (Å²) in [5, 5.41) is 0.719. The zero-order valence-corrected chi connectivity index (χ0v) is 14.2. The monoisotopic (exact) mass is 349 g/mol. The molecule has 1 N–H and O–H groups in total. The van der Waals surface area contributed by atoms with Crippen LogP contribution in [0.3, 0.4) is 0 Å². The summed E-state index contributed by atoms with van der Waals surface area (Å²) in [6.45, 7) is 3.58. The molecule has 0 aliphatic rings. The Balaban J connectivity index is 2.37. The van der Waals surface area contributed by atoms with Gasteiger partial charge in [-0.15, -0.1) is 0 Å². The van der Waals surface area contributed by atoms with Crippen molar-refractivity contribution in [3.63, 3.8) is 0 Å². The highest BCUT2D eigenvalue weighted by Gasteiger charge is 2.22. The Bertz CT molecular complexity index is 1320. The predicted octanol–water partition coefficient (Wildman–Crippen LogP) is 2.17. The maximum Gasteiger partial charge on any atom is 0.345 e. The van der Waals surface area contributed by atoms with Crippen molar-refractivity contribution >= 4 is 33.6 Å². The smallest absolute Gasteiger partial charge is 0.345 e. The molecule has 4 rings (SSSR count). The summed E-state index contributed by atoms with van der Waals surface area (Å²) in [5.41, 5.74) is 0.625. The van der Waals surface area contributed by atoms with E-state index in [-0.39, 0.29) is 23.2 Å². The van der Waals surface area contributed by atoms with E-state index in [9.17, 15) is 14.4 Å². The van der Waals surface area contributed by atoms with Crippen LogP contribution in [0.15, 0.2) is 46.0 Å². The van der Waals surface area contributed by atoms with Crippen LogP contribution in [0.2, 0.25) is 0 Å². The van der Waals surface area contributed by atoms with Gasteiger partial charge in [-0.05, 0) is 38.1 Å². The molecule has 0 unspecified atom stereocenters. The third-order valence-electron chi connectivity index (χ3n) is 4.26. The largest absolute Gasteiger partial charge is 0.462 e. The van der Waals surface area contributed by atoms with Crippen LogP contribution in [0.1, 0.15) is 23.0 Å². The number of nitrogens with one attached hydrogen (secondary N) is 1. The fourth-order valence-corrected chi connectivity index (χ4v) is 3.13. The number of pyridine rings is 2. The van der Waals surface area contributed by atoms with Crippen molar-refractivity contribution in [2.75, 3.05) is 6.61 Å². The zero-order chi connectivity index (χ0) is 18.4. The predicted molar refractivity (Wildman–Crippen MR) is 97.8 cm³/mol. The number of aromatic nitrogens is 3. The van der Waals surface area contributed by atoms with E-state index < -0.39 is 17.0 Å². The Morgan fingerprint density at radius 1 is 1.15 bits per heavy atom. The number of rotatable bonds is 2. The molecule has 26 heavy (non-hydrogen) atoms. The van der Waals surface area contributed by atoms with Crippen LogP contribution >= 0.6 is 0 Å². The fraction of sp³-hybridized carbons (Fsp3) is 0.158. The lowest BCUT2D eigenvalue weighted by Gasteiger charge is -2.13. The molecule has 3 heterocycles. The number of fused-ring (bicyclic) bond motifs is 5. The molecule has 0 bridgehead atoms. The van der Waals surface area contributed by atoms with Crippen molar-refractivity contribution in [2.45, 2.75) is 13.8 Å². The molecule has 0 radical (unpaired) electrons. The molecule has 0 aliphatic heterocycles. The second-order valence-corrected chi connectivity index (χ2v) is 5.90. The van der Waals surface area contributed by atoms with Gasteiger partial charge >= 0.3 is 5.97 Å². The van der Waals surface area contributed by atoms with Crippen molar-refractivity contribution in [3.05, 3.63) is 68.2 Å². The van der Waals surface area contributed by atoms with Gasteiger partial charge in [0.1, 0.15) is 16.9 Å². The van der Waals surface area contributed by atoms with E-state index in [0.717, 1.165) is 0 Å². The first-order valence-electron chi connectivity index (χ1n) is 8.17. The summed E-state index contributed by atoms with van der Waals surface area (Å²) in [7, 11) is 0. The number of H-pyrrole nitrogens is 1. The second kappa shape index (κ2) is 5.80. The Labute approximate surface area is 146 Å². The van der Waals surface area contributed by atoms with Gasteiger partial charge in [-0.2, -0.15) is 0 Å². The van der Waals surface area contributed by atoms with Crippen LogP contribution in [0, 0.1) is 6.92 Å². The van der Waals surface area contributed by atoms with E-state index in [2.05, 4.69) is 9.97 Å². The van der Waals surface area contributed by atoms with E-state index in [1.807, 2.05) is 6.92 Å². The van der Waals surface area contributed by atoms with E-state index in [4.69, 9.17) is 4.74 Å². The van der Waals surface area contributed by atoms with Crippen molar-refractivity contribution < 1.29 is 9.53 Å². The summed E-state index contributed by atoms with van der Waals surface area (Å²) in [4.78, 5) is 45.0. The molecule has 0 amide bonds. The summed E-state index contributed by atoms with van der Waals surface area (Å²) in [6, 6.07) is 10.3. The molecule has 0 spiro atoms. The van der Waals surface area contributed by atoms with Crippen LogP contribution in [0.4, 0.5) is 0 Å². The van der Waals surface area contributed by atoms with Crippen LogP contribution in [-0.2, 0) is 4.74 Å². The number of para-hydroxylation sites is 1. The first kappa shape index (κ1) is 16.0. The molecular formula is C19H15N3O4. The average molecular weight is 349 g/mol. The van der Waals surface area contributed by atoms with Gasteiger partial charge in [0, 0.05) is 5.69 Å². The van der Waals surface area contributed by atoms with Gasteiger partial charge in [0.25, 0.3) is 5.56 Å². The van der Waals surface area contributed by atoms with Gasteiger partial charge < -0.3 is 9.72 Å². The van der Waals surface area contributed by atoms with E-state index in [0.29, 0.717) is 22.2 Å². The number of hydrogen-bond acceptors (Lipinski definition) is 5. The summed E-state index contributed by atoms with van der Waals surface area (Å²) in [5.74, 6) is -0.775. The zero-order valence-electron chi connectivity index (χ0n) is 14.2. The first-order valence-corrected chi connectivity index (χ1v) is 8.17. The minimum atomic E-state index is -0.775. The van der Waals surface area contributed by atoms with Gasteiger partial charge in [0.2, 0.25) is 5.43 Å². The van der Waals surface area contributed by atoms with Crippen molar-refractivity contribution in [1.29, 1.82) is 0 Å². The third kappa shape index (κ3) is 2.21. The fourth-order valence-electron chi connectivity index (χ4n) is 3.13.